The molecule has 446 valence electrons. The maximum atomic E-state index is 5.71. The number of H-pyrrole nitrogens is 4. The zero-order valence-electron chi connectivity index (χ0n) is 54.9. The lowest BCUT2D eigenvalue weighted by Gasteiger charge is -2.09. The minimum Gasteiger partial charge on any atom is -0.355 e. The van der Waals surface area contributed by atoms with Crippen LogP contribution in [0.1, 0.15) is 263 Å². The van der Waals surface area contributed by atoms with Gasteiger partial charge in [0, 0.05) is 49.7 Å². The van der Waals surface area contributed by atoms with Crippen molar-refractivity contribution < 1.29 is 0 Å². The van der Waals surface area contributed by atoms with E-state index in [9.17, 15) is 0 Å². The molecule has 0 amide bonds. The number of aryl methyl sites for hydroxylation is 8. The van der Waals surface area contributed by atoms with Crippen LogP contribution in [0.2, 0.25) is 0 Å². The molecule has 10 rings (SSSR count). The first-order chi connectivity index (χ1) is 41.9. The van der Waals surface area contributed by atoms with Crippen LogP contribution in [0.5, 0.6) is 0 Å². The van der Waals surface area contributed by atoms with Crippen molar-refractivity contribution in [1.29, 1.82) is 0 Å². The summed E-state index contributed by atoms with van der Waals surface area (Å²) < 4.78 is 0. The first-order valence-corrected chi connectivity index (χ1v) is 33.3. The lowest BCUT2D eigenvalue weighted by molar-refractivity contribution is 1.07. The molecule has 0 aliphatic carbocycles. The molecule has 0 atom stereocenters. The number of allylic oxidation sites excluding steroid dienone is 10. The van der Waals surface area contributed by atoms with Gasteiger partial charge in [0.05, 0.1) is 51.1 Å². The van der Waals surface area contributed by atoms with Gasteiger partial charge in [-0.2, -0.15) is 0 Å². The van der Waals surface area contributed by atoms with E-state index in [0.717, 1.165) is 193 Å². The number of nitrogens with one attached hydrogen (secondary N) is 4. The number of aromatic nitrogens is 8. The zero-order chi connectivity index (χ0) is 61.1. The van der Waals surface area contributed by atoms with Crippen LogP contribution in [0.4, 0.5) is 0 Å². The third-order valence-corrected chi connectivity index (χ3v) is 19.0. The minimum absolute atomic E-state index is 0.848. The molecule has 8 heteroatoms. The summed E-state index contributed by atoms with van der Waals surface area (Å²) in [4.78, 5) is 38.5. The Morgan fingerprint density at radius 3 is 0.814 bits per heavy atom. The average Bonchev–Trinajstić information content (AvgIpc) is 2.13. The number of nitrogens with zero attached hydrogens (tertiary/aromatic N) is 4. The van der Waals surface area contributed by atoms with Gasteiger partial charge in [-0.05, 0) is 253 Å². The normalized spacial score (nSPS) is 13.7. The molecule has 0 saturated carbocycles. The molecule has 8 nitrogen and oxygen atoms in total. The molecule has 0 saturated heterocycles. The molecule has 0 aromatic carbocycles. The monoisotopic (exact) mass is 1140 g/mol. The quantitative estimate of drug-likeness (QED) is 0.0642. The van der Waals surface area contributed by atoms with E-state index in [1.54, 1.807) is 0 Å². The highest BCUT2D eigenvalue weighted by molar-refractivity contribution is 6.01. The highest BCUT2D eigenvalue weighted by Crippen LogP contribution is 2.44. The summed E-state index contributed by atoms with van der Waals surface area (Å²) in [6.45, 7) is 36.5. The number of hydrogen-bond donors (Lipinski definition) is 4. The number of fused-ring (bicyclic) bond motifs is 16. The van der Waals surface area contributed by atoms with Gasteiger partial charge in [-0.3, -0.25) is 0 Å². The summed E-state index contributed by atoms with van der Waals surface area (Å²) >= 11 is 0. The van der Waals surface area contributed by atoms with E-state index in [0.29, 0.717) is 0 Å². The van der Waals surface area contributed by atoms with Crippen molar-refractivity contribution >= 4 is 101 Å². The van der Waals surface area contributed by atoms with E-state index in [1.165, 1.54) is 100 Å². The van der Waals surface area contributed by atoms with Crippen molar-refractivity contribution in [2.45, 2.75) is 214 Å². The van der Waals surface area contributed by atoms with E-state index in [2.05, 4.69) is 191 Å². The average molecular weight is 1140 g/mol. The SMILES string of the molecule is CCC1=C(CC)c2cc3[nH]c(c(/C=C/C#C/C=C/c4c5nc(cc6[nH]c(cc7[nH]c(cc8nc4C(CC)=C8CC)c(CC)c7CC)c(CC)c6CC)C(CC)=C5CC)c4nc(cc5[nH]c(cc1n2)c(CC)c5CC)C(CC)=C4CC)c(CC)c3CC. The van der Waals surface area contributed by atoms with Crippen LogP contribution < -0.4 is 0 Å². The summed E-state index contributed by atoms with van der Waals surface area (Å²) in [5.41, 5.74) is 40.7. The van der Waals surface area contributed by atoms with Crippen molar-refractivity contribution in [3.63, 3.8) is 0 Å². The predicted octanol–water partition coefficient (Wildman–Crippen LogP) is 21.1. The van der Waals surface area contributed by atoms with Crippen molar-refractivity contribution in [3.8, 4) is 11.8 Å². The Morgan fingerprint density at radius 2 is 0.512 bits per heavy atom. The molecule has 86 heavy (non-hydrogen) atoms. The summed E-state index contributed by atoms with van der Waals surface area (Å²) in [6, 6.07) is 14.0. The largest absolute Gasteiger partial charge is 0.355 e. The molecular formula is C78H94N8. The second kappa shape index (κ2) is 26.5. The van der Waals surface area contributed by atoms with Gasteiger partial charge < -0.3 is 19.9 Å². The predicted molar refractivity (Wildman–Crippen MR) is 372 cm³/mol. The van der Waals surface area contributed by atoms with Crippen LogP contribution in [0.3, 0.4) is 0 Å². The van der Waals surface area contributed by atoms with E-state index in [1.807, 2.05) is 12.2 Å². The maximum absolute atomic E-state index is 5.71. The molecule has 10 heterocycles. The van der Waals surface area contributed by atoms with Crippen molar-refractivity contribution in [1.82, 2.24) is 39.9 Å². The Hall–Kier alpha value is -7.76. The molecule has 4 N–H and O–H groups in total. The van der Waals surface area contributed by atoms with Crippen molar-refractivity contribution in [3.05, 3.63) is 150 Å². The first-order valence-electron chi connectivity index (χ1n) is 33.3. The molecule has 0 unspecified atom stereocenters. The van der Waals surface area contributed by atoms with Crippen molar-refractivity contribution in [2.75, 3.05) is 0 Å². The number of hydrogen-bond acceptors (Lipinski definition) is 4. The van der Waals surface area contributed by atoms with E-state index in [4.69, 9.17) is 19.9 Å². The number of rotatable bonds is 18. The smallest absolute Gasteiger partial charge is 0.0766 e. The fraction of sp³-hybridized carbons (Fsp3) is 0.410. The van der Waals surface area contributed by atoms with Crippen LogP contribution >= 0.6 is 0 Å². The first kappa shape index (κ1) is 61.3. The summed E-state index contributed by atoms with van der Waals surface area (Å²) in [7, 11) is 0. The van der Waals surface area contributed by atoms with Gasteiger partial charge in [0.2, 0.25) is 0 Å². The molecule has 0 spiro atoms. The van der Waals surface area contributed by atoms with Gasteiger partial charge in [-0.1, -0.05) is 123 Å². The Bertz CT molecular complexity index is 4170. The highest BCUT2D eigenvalue weighted by atomic mass is 14.8. The Labute approximate surface area is 513 Å². The minimum atomic E-state index is 0.848. The van der Waals surface area contributed by atoms with Gasteiger partial charge >= 0.3 is 0 Å². The molecule has 0 fully saturated rings. The Balaban J connectivity index is 1.25. The molecule has 6 aromatic rings. The van der Waals surface area contributed by atoms with Gasteiger partial charge in [0.25, 0.3) is 0 Å². The second-order valence-electron chi connectivity index (χ2n) is 23.2. The van der Waals surface area contributed by atoms with E-state index < -0.39 is 0 Å². The van der Waals surface area contributed by atoms with Crippen LogP contribution in [-0.4, -0.2) is 39.9 Å². The van der Waals surface area contributed by atoms with Gasteiger partial charge in [0.1, 0.15) is 0 Å². The fourth-order valence-electron chi connectivity index (χ4n) is 15.1. The third-order valence-electron chi connectivity index (χ3n) is 19.0. The lowest BCUT2D eigenvalue weighted by Crippen LogP contribution is -1.94. The molecule has 16 bridgehead atoms. The van der Waals surface area contributed by atoms with Crippen LogP contribution in [0.15, 0.2) is 48.6 Å². The summed E-state index contributed by atoms with van der Waals surface area (Å²) in [6.07, 6.45) is 22.9. The Morgan fingerprint density at radius 1 is 0.267 bits per heavy atom. The van der Waals surface area contributed by atoms with E-state index in [-0.39, 0.29) is 0 Å². The fourth-order valence-corrected chi connectivity index (χ4v) is 15.1. The van der Waals surface area contributed by atoms with Crippen LogP contribution in [-0.2, 0) is 51.4 Å². The topological polar surface area (TPSA) is 115 Å². The van der Waals surface area contributed by atoms with Crippen LogP contribution in [0.25, 0.3) is 101 Å². The zero-order valence-corrected chi connectivity index (χ0v) is 54.9. The standard InChI is InChI=1S/C78H94N8/c1-17-45-49(21-5)67-41-71-53(25-9)57(29-13)75(83-71)61(76-58(30-14)54(26-10)72(84-76)42-68-50(22-6)46(18-2)64(80-68)39-63(45)79-67)37-35-33-34-36-38-62-77-59(31-15)55(27-11)73(85-77)43-69-51(23-7)47(19-3)65(81-69)40-66-48(20-4)52(24-8)70(82-66)44-74-56(28-12)60(32-16)78(62)86-74/h35-44,79-81,86H,17-32H2,1-16H3/b37-35+,38-36+,63-39?,64-39?,65-40?,66-40?,67-41?,68-42?,69-43?,70-44?,71-41?,72-42?,73-43?,74-44?,75-61?,76-61?,77-62?,78-62?. The van der Waals surface area contributed by atoms with E-state index >= 15 is 0 Å². The van der Waals surface area contributed by atoms with Crippen molar-refractivity contribution in [2.24, 2.45) is 0 Å². The molecular weight excluding hydrogens is 1050 g/mol. The lowest BCUT2D eigenvalue weighted by atomic mass is 9.93. The molecule has 6 aromatic heterocycles. The summed E-state index contributed by atoms with van der Waals surface area (Å²) in [5.74, 6) is 7.07. The van der Waals surface area contributed by atoms with Gasteiger partial charge in [0.15, 0.2) is 0 Å². The third kappa shape index (κ3) is 10.7. The van der Waals surface area contributed by atoms with Gasteiger partial charge in [-0.25, -0.2) is 19.9 Å². The molecule has 4 aliphatic heterocycles. The van der Waals surface area contributed by atoms with Crippen LogP contribution in [0, 0.1) is 11.8 Å². The summed E-state index contributed by atoms with van der Waals surface area (Å²) in [5, 5.41) is 0. The maximum Gasteiger partial charge on any atom is 0.0766 e. The molecule has 4 aliphatic rings. The second-order valence-corrected chi connectivity index (χ2v) is 23.2. The molecule has 0 radical (unpaired) electrons. The highest BCUT2D eigenvalue weighted by Gasteiger charge is 2.28. The number of aromatic amines is 4. The van der Waals surface area contributed by atoms with Gasteiger partial charge in [-0.15, -0.1) is 0 Å². The Kier molecular flexibility index (Phi) is 18.9.